The molecule has 130 valence electrons. The van der Waals surface area contributed by atoms with Gasteiger partial charge in [-0.1, -0.05) is 0 Å². The SMILES string of the molecule is COc1ccc(-c2nnn(Cc3n[nH]c4c3COCC4)n2)cc1OC. The highest BCUT2D eigenvalue weighted by Gasteiger charge is 2.18. The van der Waals surface area contributed by atoms with E-state index in [4.69, 9.17) is 14.2 Å². The van der Waals surface area contributed by atoms with Gasteiger partial charge in [0, 0.05) is 23.2 Å². The van der Waals surface area contributed by atoms with Gasteiger partial charge < -0.3 is 14.2 Å². The third-order valence-corrected chi connectivity index (χ3v) is 4.17. The Kier molecular flexibility index (Phi) is 4.06. The smallest absolute Gasteiger partial charge is 0.205 e. The van der Waals surface area contributed by atoms with E-state index in [1.54, 1.807) is 14.2 Å². The summed E-state index contributed by atoms with van der Waals surface area (Å²) >= 11 is 0. The van der Waals surface area contributed by atoms with Gasteiger partial charge in [-0.05, 0) is 23.4 Å². The van der Waals surface area contributed by atoms with Crippen molar-refractivity contribution in [3.05, 3.63) is 35.2 Å². The number of hydrogen-bond donors (Lipinski definition) is 1. The molecule has 1 N–H and O–H groups in total. The fourth-order valence-corrected chi connectivity index (χ4v) is 2.84. The van der Waals surface area contributed by atoms with Gasteiger partial charge in [0.25, 0.3) is 0 Å². The van der Waals surface area contributed by atoms with E-state index in [1.807, 2.05) is 18.2 Å². The Morgan fingerprint density at radius 1 is 1.24 bits per heavy atom. The lowest BCUT2D eigenvalue weighted by Gasteiger charge is -2.11. The molecule has 3 aromatic rings. The van der Waals surface area contributed by atoms with Crippen LogP contribution in [-0.2, 0) is 24.3 Å². The molecule has 0 radical (unpaired) electrons. The van der Waals surface area contributed by atoms with Gasteiger partial charge >= 0.3 is 0 Å². The Labute approximate surface area is 143 Å². The van der Waals surface area contributed by atoms with Crippen LogP contribution in [0.1, 0.15) is 17.0 Å². The maximum atomic E-state index is 5.50. The van der Waals surface area contributed by atoms with Gasteiger partial charge in [-0.25, -0.2) is 0 Å². The van der Waals surface area contributed by atoms with Gasteiger partial charge in [0.2, 0.25) is 5.82 Å². The number of nitrogens with zero attached hydrogens (tertiary/aromatic N) is 5. The number of nitrogens with one attached hydrogen (secondary N) is 1. The van der Waals surface area contributed by atoms with Gasteiger partial charge in [-0.2, -0.15) is 9.90 Å². The van der Waals surface area contributed by atoms with Crippen molar-refractivity contribution in [1.82, 2.24) is 30.4 Å². The van der Waals surface area contributed by atoms with Crippen LogP contribution in [0.4, 0.5) is 0 Å². The van der Waals surface area contributed by atoms with E-state index in [0.29, 0.717) is 30.5 Å². The fraction of sp³-hybridized carbons (Fsp3) is 0.375. The first-order valence-corrected chi connectivity index (χ1v) is 7.91. The van der Waals surface area contributed by atoms with E-state index in [-0.39, 0.29) is 0 Å². The van der Waals surface area contributed by atoms with Crippen LogP contribution >= 0.6 is 0 Å². The van der Waals surface area contributed by atoms with Crippen LogP contribution in [0.15, 0.2) is 18.2 Å². The Morgan fingerprint density at radius 2 is 2.12 bits per heavy atom. The zero-order chi connectivity index (χ0) is 17.2. The monoisotopic (exact) mass is 342 g/mol. The third-order valence-electron chi connectivity index (χ3n) is 4.17. The second kappa shape index (κ2) is 6.52. The molecule has 0 spiro atoms. The third kappa shape index (κ3) is 2.93. The highest BCUT2D eigenvalue weighted by molar-refractivity contribution is 5.60. The number of H-pyrrole nitrogens is 1. The summed E-state index contributed by atoms with van der Waals surface area (Å²) in [5.74, 6) is 1.79. The first-order chi connectivity index (χ1) is 12.3. The summed E-state index contributed by atoms with van der Waals surface area (Å²) in [6.07, 6.45) is 0.851. The van der Waals surface area contributed by atoms with Crippen molar-refractivity contribution in [1.29, 1.82) is 0 Å². The number of fused-ring (bicyclic) bond motifs is 1. The van der Waals surface area contributed by atoms with Gasteiger partial charge in [0.15, 0.2) is 11.5 Å². The molecule has 1 aromatic carbocycles. The van der Waals surface area contributed by atoms with E-state index >= 15 is 0 Å². The van der Waals surface area contributed by atoms with Gasteiger partial charge in [-0.3, -0.25) is 5.10 Å². The number of benzene rings is 1. The van der Waals surface area contributed by atoms with Crippen molar-refractivity contribution >= 4 is 0 Å². The molecule has 0 fully saturated rings. The van der Waals surface area contributed by atoms with Crippen LogP contribution in [0.5, 0.6) is 11.5 Å². The number of rotatable bonds is 5. The van der Waals surface area contributed by atoms with Crippen LogP contribution in [0.25, 0.3) is 11.4 Å². The molecule has 3 heterocycles. The number of tetrazole rings is 1. The van der Waals surface area contributed by atoms with Gasteiger partial charge in [0.05, 0.1) is 33.1 Å². The molecule has 0 saturated carbocycles. The van der Waals surface area contributed by atoms with Crippen molar-refractivity contribution < 1.29 is 14.2 Å². The van der Waals surface area contributed by atoms with E-state index in [9.17, 15) is 0 Å². The molecule has 0 atom stereocenters. The topological polar surface area (TPSA) is 100.0 Å². The van der Waals surface area contributed by atoms with Crippen LogP contribution in [0.2, 0.25) is 0 Å². The minimum Gasteiger partial charge on any atom is -0.493 e. The summed E-state index contributed by atoms with van der Waals surface area (Å²) in [7, 11) is 3.19. The van der Waals surface area contributed by atoms with Gasteiger partial charge in [-0.15, -0.1) is 10.2 Å². The molecule has 0 bridgehead atoms. The Balaban J connectivity index is 1.57. The van der Waals surface area contributed by atoms with Crippen molar-refractivity contribution in [3.8, 4) is 22.9 Å². The van der Waals surface area contributed by atoms with Crippen molar-refractivity contribution in [2.45, 2.75) is 19.6 Å². The summed E-state index contributed by atoms with van der Waals surface area (Å²) in [5.41, 5.74) is 3.90. The standard InChI is InChI=1S/C16H18N6O3/c1-23-14-4-3-10(7-15(14)24-2)16-19-21-22(20-16)8-13-11-9-25-6-5-12(11)17-18-13/h3-4,7H,5-6,8-9H2,1-2H3,(H,17,18). The highest BCUT2D eigenvalue weighted by Crippen LogP contribution is 2.30. The number of hydrogen-bond acceptors (Lipinski definition) is 7. The Bertz CT molecular complexity index is 888. The number of aromatic nitrogens is 6. The average Bonchev–Trinajstić information content (AvgIpc) is 3.29. The lowest BCUT2D eigenvalue weighted by atomic mass is 10.1. The van der Waals surface area contributed by atoms with Crippen molar-refractivity contribution in [2.75, 3.05) is 20.8 Å². The molecule has 9 nitrogen and oxygen atoms in total. The van der Waals surface area contributed by atoms with Crippen molar-refractivity contribution in [3.63, 3.8) is 0 Å². The number of aromatic amines is 1. The largest absolute Gasteiger partial charge is 0.493 e. The number of ether oxygens (including phenoxy) is 3. The molecule has 2 aromatic heterocycles. The molecular weight excluding hydrogens is 324 g/mol. The van der Waals surface area contributed by atoms with Crippen LogP contribution in [0, 0.1) is 0 Å². The van der Waals surface area contributed by atoms with Crippen LogP contribution in [0.3, 0.4) is 0 Å². The molecule has 4 rings (SSSR count). The summed E-state index contributed by atoms with van der Waals surface area (Å²) in [4.78, 5) is 1.52. The Morgan fingerprint density at radius 3 is 2.96 bits per heavy atom. The Hall–Kier alpha value is -2.94. The molecule has 0 amide bonds. The second-order valence-electron chi connectivity index (χ2n) is 5.64. The summed E-state index contributed by atoms with van der Waals surface area (Å²) in [5, 5.41) is 20.1. The zero-order valence-corrected chi connectivity index (χ0v) is 14.0. The molecule has 9 heteroatoms. The first-order valence-electron chi connectivity index (χ1n) is 7.91. The molecule has 0 unspecified atom stereocenters. The van der Waals surface area contributed by atoms with Crippen LogP contribution < -0.4 is 9.47 Å². The first kappa shape index (κ1) is 15.6. The highest BCUT2D eigenvalue weighted by atomic mass is 16.5. The molecular formula is C16H18N6O3. The van der Waals surface area contributed by atoms with E-state index in [1.165, 1.54) is 4.80 Å². The molecule has 0 aliphatic carbocycles. The van der Waals surface area contributed by atoms with E-state index < -0.39 is 0 Å². The normalized spacial score (nSPS) is 13.5. The summed E-state index contributed by atoms with van der Waals surface area (Å²) in [6.45, 7) is 1.73. The van der Waals surface area contributed by atoms with Crippen molar-refractivity contribution in [2.24, 2.45) is 0 Å². The van der Waals surface area contributed by atoms with E-state index in [0.717, 1.165) is 35.5 Å². The fourth-order valence-electron chi connectivity index (χ4n) is 2.84. The van der Waals surface area contributed by atoms with E-state index in [2.05, 4.69) is 25.6 Å². The quantitative estimate of drug-likeness (QED) is 0.743. The predicted octanol–water partition coefficient (Wildman–Crippen LogP) is 1.20. The van der Waals surface area contributed by atoms with Gasteiger partial charge in [0.1, 0.15) is 6.54 Å². The predicted molar refractivity (Wildman–Crippen MR) is 87.4 cm³/mol. The molecule has 1 aliphatic rings. The lowest BCUT2D eigenvalue weighted by molar-refractivity contribution is 0.109. The minimum absolute atomic E-state index is 0.440. The minimum atomic E-state index is 0.440. The molecule has 1 aliphatic heterocycles. The maximum absolute atomic E-state index is 5.50. The molecule has 0 saturated heterocycles. The second-order valence-corrected chi connectivity index (χ2v) is 5.64. The maximum Gasteiger partial charge on any atom is 0.205 e. The molecule has 25 heavy (non-hydrogen) atoms. The zero-order valence-electron chi connectivity index (χ0n) is 14.0. The number of methoxy groups -OCH3 is 2. The summed E-state index contributed by atoms with van der Waals surface area (Å²) in [6, 6.07) is 5.51. The van der Waals surface area contributed by atoms with Crippen LogP contribution in [-0.4, -0.2) is 51.2 Å². The lowest BCUT2D eigenvalue weighted by Crippen LogP contribution is -2.12. The average molecular weight is 342 g/mol. The summed E-state index contributed by atoms with van der Waals surface area (Å²) < 4.78 is 16.1.